The van der Waals surface area contributed by atoms with Crippen molar-refractivity contribution in [3.63, 3.8) is 0 Å². The van der Waals surface area contributed by atoms with Crippen molar-refractivity contribution in [2.75, 3.05) is 31.6 Å². The van der Waals surface area contributed by atoms with Gasteiger partial charge in [-0.05, 0) is 55.3 Å². The molecule has 0 radical (unpaired) electrons. The maximum Gasteiger partial charge on any atom is 0.322 e. The molecular formula is C26H29F2N3O4. The molecule has 2 aromatic carbocycles. The van der Waals surface area contributed by atoms with Crippen LogP contribution in [0.2, 0.25) is 0 Å². The smallest absolute Gasteiger partial charge is 0.322 e. The van der Waals surface area contributed by atoms with Gasteiger partial charge < -0.3 is 24.3 Å². The van der Waals surface area contributed by atoms with Gasteiger partial charge in [0, 0.05) is 26.3 Å². The predicted molar refractivity (Wildman–Crippen MR) is 127 cm³/mol. The largest absolute Gasteiger partial charge is 0.467 e. The molecule has 1 aromatic heterocycles. The number of anilines is 1. The van der Waals surface area contributed by atoms with Gasteiger partial charge in [-0.25, -0.2) is 13.6 Å². The predicted octanol–water partition coefficient (Wildman–Crippen LogP) is 5.05. The second-order valence-corrected chi connectivity index (χ2v) is 7.84. The van der Waals surface area contributed by atoms with Crippen molar-refractivity contribution >= 4 is 17.6 Å². The maximum atomic E-state index is 14.1. The number of furan rings is 1. The lowest BCUT2D eigenvalue weighted by atomic mass is 10.2. The molecule has 35 heavy (non-hydrogen) atoms. The van der Waals surface area contributed by atoms with Gasteiger partial charge in [-0.2, -0.15) is 0 Å². The molecule has 0 fully saturated rings. The van der Waals surface area contributed by atoms with Crippen molar-refractivity contribution in [1.82, 2.24) is 9.80 Å². The Labute approximate surface area is 203 Å². The zero-order chi connectivity index (χ0) is 25.0. The standard InChI is InChI=1S/C26H29F2N3O4/c1-2-34-15-6-14-30(26(33)29-24-9-4-3-8-23(24)28)19-25(32)31(18-22-7-5-16-35-22)17-20-10-12-21(27)13-11-20/h3-5,7-13,16H,2,6,14-15,17-19H2,1H3,(H,29,33). The normalized spacial score (nSPS) is 10.7. The number of halogens is 2. The van der Waals surface area contributed by atoms with Crippen LogP contribution in [0.3, 0.4) is 0 Å². The van der Waals surface area contributed by atoms with E-state index in [4.69, 9.17) is 9.15 Å². The number of urea groups is 1. The molecule has 3 aromatic rings. The Morgan fingerprint density at radius 1 is 0.971 bits per heavy atom. The van der Waals surface area contributed by atoms with E-state index in [1.54, 1.807) is 30.3 Å². The highest BCUT2D eigenvalue weighted by Crippen LogP contribution is 2.15. The topological polar surface area (TPSA) is 75.0 Å². The Morgan fingerprint density at radius 2 is 1.74 bits per heavy atom. The molecule has 0 unspecified atom stereocenters. The number of hydrogen-bond donors (Lipinski definition) is 1. The summed E-state index contributed by atoms with van der Waals surface area (Å²) in [4.78, 5) is 29.2. The van der Waals surface area contributed by atoms with E-state index in [-0.39, 0.29) is 43.6 Å². The summed E-state index contributed by atoms with van der Waals surface area (Å²) in [5, 5.41) is 2.54. The van der Waals surface area contributed by atoms with Crippen LogP contribution in [0.5, 0.6) is 0 Å². The highest BCUT2D eigenvalue weighted by Gasteiger charge is 2.23. The molecule has 0 aliphatic rings. The minimum absolute atomic E-state index is 0.0264. The van der Waals surface area contributed by atoms with Crippen LogP contribution in [0.4, 0.5) is 19.3 Å². The molecule has 3 rings (SSSR count). The third-order valence-electron chi connectivity index (χ3n) is 5.22. The zero-order valence-corrected chi connectivity index (χ0v) is 19.6. The van der Waals surface area contributed by atoms with Gasteiger partial charge in [0.05, 0.1) is 18.5 Å². The molecule has 0 saturated heterocycles. The molecule has 7 nitrogen and oxygen atoms in total. The van der Waals surface area contributed by atoms with Gasteiger partial charge in [0.2, 0.25) is 5.91 Å². The van der Waals surface area contributed by atoms with Crippen LogP contribution in [0.25, 0.3) is 0 Å². The molecule has 9 heteroatoms. The van der Waals surface area contributed by atoms with E-state index in [1.165, 1.54) is 46.4 Å². The van der Waals surface area contributed by atoms with Crippen molar-refractivity contribution in [2.24, 2.45) is 0 Å². The summed E-state index contributed by atoms with van der Waals surface area (Å²) in [6, 6.07) is 14.5. The van der Waals surface area contributed by atoms with Gasteiger partial charge in [0.1, 0.15) is 23.9 Å². The van der Waals surface area contributed by atoms with E-state index < -0.39 is 11.8 Å². The number of para-hydroxylation sites is 1. The molecule has 0 atom stereocenters. The number of amides is 3. The quantitative estimate of drug-likeness (QED) is 0.365. The number of carbonyl (C=O) groups excluding carboxylic acids is 2. The minimum Gasteiger partial charge on any atom is -0.467 e. The molecule has 0 bridgehead atoms. The number of nitrogens with one attached hydrogen (secondary N) is 1. The molecule has 1 heterocycles. The fraction of sp³-hybridized carbons (Fsp3) is 0.308. The molecular weight excluding hydrogens is 456 g/mol. The van der Waals surface area contributed by atoms with Crippen molar-refractivity contribution in [1.29, 1.82) is 0 Å². The maximum absolute atomic E-state index is 14.1. The van der Waals surface area contributed by atoms with Gasteiger partial charge in [-0.15, -0.1) is 0 Å². The minimum atomic E-state index is -0.598. The van der Waals surface area contributed by atoms with Crippen LogP contribution in [0.15, 0.2) is 71.3 Å². The fourth-order valence-corrected chi connectivity index (χ4v) is 3.41. The summed E-state index contributed by atoms with van der Waals surface area (Å²) >= 11 is 0. The number of ether oxygens (including phenoxy) is 1. The van der Waals surface area contributed by atoms with E-state index in [2.05, 4.69) is 5.32 Å². The Kier molecular flexibility index (Phi) is 9.80. The Balaban J connectivity index is 1.75. The molecule has 0 aliphatic heterocycles. The number of hydrogen-bond acceptors (Lipinski definition) is 4. The number of nitrogens with zero attached hydrogens (tertiary/aromatic N) is 2. The van der Waals surface area contributed by atoms with Gasteiger partial charge >= 0.3 is 6.03 Å². The average molecular weight is 486 g/mol. The number of benzene rings is 2. The summed E-state index contributed by atoms with van der Waals surface area (Å²) in [5.41, 5.74) is 0.753. The van der Waals surface area contributed by atoms with Crippen LogP contribution in [-0.2, 0) is 22.6 Å². The Bertz CT molecular complexity index is 1070. The summed E-state index contributed by atoms with van der Waals surface area (Å²) in [6.45, 7) is 3.18. The third-order valence-corrected chi connectivity index (χ3v) is 5.22. The van der Waals surface area contributed by atoms with E-state index in [1.807, 2.05) is 6.92 Å². The van der Waals surface area contributed by atoms with Crippen molar-refractivity contribution in [2.45, 2.75) is 26.4 Å². The number of carbonyl (C=O) groups is 2. The summed E-state index contributed by atoms with van der Waals surface area (Å²) in [5.74, 6) is -0.717. The fourth-order valence-electron chi connectivity index (χ4n) is 3.41. The summed E-state index contributed by atoms with van der Waals surface area (Å²) < 4.78 is 38.2. The first-order valence-corrected chi connectivity index (χ1v) is 11.4. The molecule has 1 N–H and O–H groups in total. The SMILES string of the molecule is CCOCCCN(CC(=O)N(Cc1ccc(F)cc1)Cc1ccco1)C(=O)Nc1ccccc1F. The molecule has 0 spiro atoms. The first-order chi connectivity index (χ1) is 17.0. The Morgan fingerprint density at radius 3 is 2.43 bits per heavy atom. The van der Waals surface area contributed by atoms with Crippen molar-refractivity contribution in [3.05, 3.63) is 89.9 Å². The number of rotatable bonds is 12. The second kappa shape index (κ2) is 13.2. The van der Waals surface area contributed by atoms with E-state index in [0.717, 1.165) is 5.56 Å². The van der Waals surface area contributed by atoms with Crippen LogP contribution in [0, 0.1) is 11.6 Å². The molecule has 186 valence electrons. The van der Waals surface area contributed by atoms with Crippen molar-refractivity contribution in [3.8, 4) is 0 Å². The molecule has 0 aliphatic carbocycles. The second-order valence-electron chi connectivity index (χ2n) is 7.84. The average Bonchev–Trinajstić information content (AvgIpc) is 3.36. The highest BCUT2D eigenvalue weighted by molar-refractivity contribution is 5.92. The highest BCUT2D eigenvalue weighted by atomic mass is 19.1. The molecule has 3 amide bonds. The lowest BCUT2D eigenvalue weighted by molar-refractivity contribution is -0.133. The van der Waals surface area contributed by atoms with Gasteiger partial charge in [0.15, 0.2) is 0 Å². The van der Waals surface area contributed by atoms with Gasteiger partial charge in [0.25, 0.3) is 0 Å². The summed E-state index contributed by atoms with van der Waals surface area (Å²) in [6.07, 6.45) is 2.01. The first-order valence-electron chi connectivity index (χ1n) is 11.4. The van der Waals surface area contributed by atoms with E-state index in [0.29, 0.717) is 25.4 Å². The lowest BCUT2D eigenvalue weighted by Crippen LogP contribution is -2.44. The molecule has 0 saturated carbocycles. The zero-order valence-electron chi connectivity index (χ0n) is 19.6. The third kappa shape index (κ3) is 8.22. The summed E-state index contributed by atoms with van der Waals surface area (Å²) in [7, 11) is 0. The van der Waals surface area contributed by atoms with Gasteiger partial charge in [-0.1, -0.05) is 24.3 Å². The van der Waals surface area contributed by atoms with Crippen LogP contribution in [-0.4, -0.2) is 48.0 Å². The van der Waals surface area contributed by atoms with Crippen LogP contribution >= 0.6 is 0 Å². The van der Waals surface area contributed by atoms with E-state index in [9.17, 15) is 18.4 Å². The van der Waals surface area contributed by atoms with Crippen LogP contribution in [0.1, 0.15) is 24.7 Å². The monoisotopic (exact) mass is 485 g/mol. The lowest BCUT2D eigenvalue weighted by Gasteiger charge is -2.27. The van der Waals surface area contributed by atoms with Gasteiger partial charge in [-0.3, -0.25) is 4.79 Å². The van der Waals surface area contributed by atoms with Crippen LogP contribution < -0.4 is 5.32 Å². The van der Waals surface area contributed by atoms with E-state index >= 15 is 0 Å². The first kappa shape index (κ1) is 25.9. The van der Waals surface area contributed by atoms with Crippen molar-refractivity contribution < 1.29 is 27.5 Å². The Hall–Kier alpha value is -3.72.